The third-order valence-electron chi connectivity index (χ3n) is 5.69. The van der Waals surface area contributed by atoms with Gasteiger partial charge in [-0.2, -0.15) is 0 Å². The number of amides is 1. The van der Waals surface area contributed by atoms with Crippen LogP contribution in [0.4, 0.5) is 0 Å². The molecule has 7 heteroatoms. The number of benzene rings is 2. The fourth-order valence-electron chi connectivity index (χ4n) is 4.25. The highest BCUT2D eigenvalue weighted by molar-refractivity contribution is 7.92. The van der Waals surface area contributed by atoms with E-state index in [2.05, 4.69) is 0 Å². The molecule has 3 rings (SSSR count). The van der Waals surface area contributed by atoms with E-state index in [1.807, 2.05) is 44.2 Å². The zero-order valence-corrected chi connectivity index (χ0v) is 19.0. The highest BCUT2D eigenvalue weighted by Crippen LogP contribution is 2.38. The molecule has 0 aliphatic carbocycles. The van der Waals surface area contributed by atoms with Crippen molar-refractivity contribution < 1.29 is 22.7 Å². The van der Waals surface area contributed by atoms with Crippen molar-refractivity contribution in [1.82, 2.24) is 4.90 Å². The molecule has 1 aliphatic rings. The van der Waals surface area contributed by atoms with Crippen LogP contribution in [0.25, 0.3) is 0 Å². The summed E-state index contributed by atoms with van der Waals surface area (Å²) in [5.74, 6) is -1.76. The van der Waals surface area contributed by atoms with Gasteiger partial charge in [-0.25, -0.2) is 13.2 Å². The lowest BCUT2D eigenvalue weighted by atomic mass is 9.94. The Bertz CT molecular complexity index is 1020. The summed E-state index contributed by atoms with van der Waals surface area (Å²) in [5, 5.41) is -1.31. The van der Waals surface area contributed by atoms with Gasteiger partial charge in [0.2, 0.25) is 5.91 Å². The number of carbonyl (C=O) groups excluding carboxylic acids is 2. The van der Waals surface area contributed by atoms with Gasteiger partial charge < -0.3 is 9.64 Å². The Morgan fingerprint density at radius 1 is 1.03 bits per heavy atom. The molecule has 0 N–H and O–H groups in total. The number of rotatable bonds is 8. The van der Waals surface area contributed by atoms with Crippen molar-refractivity contribution in [2.75, 3.05) is 6.61 Å². The van der Waals surface area contributed by atoms with Gasteiger partial charge in [-0.05, 0) is 38.0 Å². The van der Waals surface area contributed by atoms with E-state index in [-0.39, 0.29) is 18.0 Å². The topological polar surface area (TPSA) is 80.8 Å². The summed E-state index contributed by atoms with van der Waals surface area (Å²) in [5.41, 5.74) is 1.76. The Kier molecular flexibility index (Phi) is 7.15. The van der Waals surface area contributed by atoms with Crippen molar-refractivity contribution >= 4 is 21.7 Å². The molecule has 166 valence electrons. The molecule has 0 unspecified atom stereocenters. The van der Waals surface area contributed by atoms with E-state index in [0.717, 1.165) is 11.1 Å². The van der Waals surface area contributed by atoms with E-state index in [1.54, 1.807) is 19.1 Å². The van der Waals surface area contributed by atoms with Crippen LogP contribution in [0.5, 0.6) is 0 Å². The minimum Gasteiger partial charge on any atom is -0.464 e. The summed E-state index contributed by atoms with van der Waals surface area (Å²) < 4.78 is 32.4. The summed E-state index contributed by atoms with van der Waals surface area (Å²) >= 11 is 0. The molecular formula is C24H29NO5S. The van der Waals surface area contributed by atoms with E-state index < -0.39 is 38.9 Å². The summed E-state index contributed by atoms with van der Waals surface area (Å²) in [6.45, 7) is 5.81. The number of hydrogen-bond acceptors (Lipinski definition) is 5. The first kappa shape index (κ1) is 23.0. The van der Waals surface area contributed by atoms with Crippen molar-refractivity contribution in [2.24, 2.45) is 5.92 Å². The zero-order valence-electron chi connectivity index (χ0n) is 18.2. The van der Waals surface area contributed by atoms with Gasteiger partial charge in [-0.1, -0.05) is 61.4 Å². The number of ether oxygens (including phenoxy) is 1. The first-order valence-corrected chi connectivity index (χ1v) is 12.2. The number of carbonyl (C=O) groups is 2. The van der Waals surface area contributed by atoms with Gasteiger partial charge in [0.1, 0.15) is 11.3 Å². The second-order valence-corrected chi connectivity index (χ2v) is 9.95. The Balaban J connectivity index is 2.08. The molecule has 3 atom stereocenters. The number of esters is 1. The van der Waals surface area contributed by atoms with Crippen LogP contribution in [-0.2, 0) is 30.7 Å². The predicted molar refractivity (Wildman–Crippen MR) is 118 cm³/mol. The quantitative estimate of drug-likeness (QED) is 0.583. The van der Waals surface area contributed by atoms with Gasteiger partial charge in [0.25, 0.3) is 0 Å². The van der Waals surface area contributed by atoms with E-state index >= 15 is 0 Å². The largest absolute Gasteiger partial charge is 0.464 e. The monoisotopic (exact) mass is 443 g/mol. The van der Waals surface area contributed by atoms with Crippen LogP contribution < -0.4 is 0 Å². The number of nitrogens with zero attached hydrogens (tertiary/aromatic N) is 1. The van der Waals surface area contributed by atoms with E-state index in [1.165, 1.54) is 17.0 Å². The van der Waals surface area contributed by atoms with Crippen LogP contribution in [0.1, 0.15) is 37.8 Å². The molecule has 0 saturated carbocycles. The third kappa shape index (κ3) is 4.66. The summed E-state index contributed by atoms with van der Waals surface area (Å²) in [6.07, 6.45) is 1.07. The summed E-state index contributed by atoms with van der Waals surface area (Å²) in [4.78, 5) is 28.0. The van der Waals surface area contributed by atoms with Gasteiger partial charge >= 0.3 is 5.97 Å². The minimum absolute atomic E-state index is 0.0988. The molecule has 0 bridgehead atoms. The molecule has 2 aromatic rings. The standard InChI is InChI=1S/C24H29NO5S/c1-4-9-20-21(24(27)30-5-2)25(16-18-10-7-6-8-11-18)23(26)22(20)31(28,29)19-14-12-17(3)13-15-19/h6-8,10-15,20-22H,4-5,9,16H2,1-3H3/t20-,21+,22+/m1/s1. The zero-order chi connectivity index (χ0) is 22.6. The second-order valence-electron chi connectivity index (χ2n) is 7.88. The van der Waals surface area contributed by atoms with Crippen LogP contribution in [0.15, 0.2) is 59.5 Å². The molecule has 2 aromatic carbocycles. The molecule has 0 aromatic heterocycles. The highest BCUT2D eigenvalue weighted by atomic mass is 32.2. The van der Waals surface area contributed by atoms with Gasteiger partial charge in [0, 0.05) is 12.5 Å². The first-order chi connectivity index (χ1) is 14.8. The first-order valence-electron chi connectivity index (χ1n) is 10.6. The van der Waals surface area contributed by atoms with E-state index in [0.29, 0.717) is 12.8 Å². The Hall–Kier alpha value is -2.67. The van der Waals surface area contributed by atoms with Gasteiger partial charge in [0.05, 0.1) is 11.5 Å². The summed E-state index contributed by atoms with van der Waals surface area (Å²) in [7, 11) is -3.98. The molecule has 31 heavy (non-hydrogen) atoms. The summed E-state index contributed by atoms with van der Waals surface area (Å²) in [6, 6.07) is 14.8. The maximum Gasteiger partial charge on any atom is 0.329 e. The second kappa shape index (κ2) is 9.64. The van der Waals surface area contributed by atoms with Crippen LogP contribution in [-0.4, -0.2) is 43.1 Å². The smallest absolute Gasteiger partial charge is 0.329 e. The number of sulfone groups is 1. The lowest BCUT2D eigenvalue weighted by Gasteiger charge is -2.26. The molecule has 1 aliphatic heterocycles. The van der Waals surface area contributed by atoms with Crippen molar-refractivity contribution in [1.29, 1.82) is 0 Å². The Labute approximate surface area is 184 Å². The van der Waals surface area contributed by atoms with Crippen molar-refractivity contribution in [3.05, 3.63) is 65.7 Å². The molecule has 0 spiro atoms. The Morgan fingerprint density at radius 2 is 1.68 bits per heavy atom. The van der Waals surface area contributed by atoms with Crippen molar-refractivity contribution in [3.8, 4) is 0 Å². The fraction of sp³-hybridized carbons (Fsp3) is 0.417. The Morgan fingerprint density at radius 3 is 2.26 bits per heavy atom. The maximum atomic E-state index is 13.6. The fourth-order valence-corrected chi connectivity index (χ4v) is 6.20. The van der Waals surface area contributed by atoms with Crippen molar-refractivity contribution in [2.45, 2.75) is 56.3 Å². The van der Waals surface area contributed by atoms with Crippen LogP contribution >= 0.6 is 0 Å². The van der Waals surface area contributed by atoms with Gasteiger partial charge in [-0.15, -0.1) is 0 Å². The number of likely N-dealkylation sites (tertiary alicyclic amines) is 1. The van der Waals surface area contributed by atoms with E-state index in [9.17, 15) is 18.0 Å². The maximum absolute atomic E-state index is 13.6. The normalized spacial score (nSPS) is 21.3. The minimum atomic E-state index is -3.98. The van der Waals surface area contributed by atoms with E-state index in [4.69, 9.17) is 4.74 Å². The predicted octanol–water partition coefficient (Wildman–Crippen LogP) is 3.53. The van der Waals surface area contributed by atoms with Gasteiger partial charge in [0.15, 0.2) is 9.84 Å². The molecule has 1 amide bonds. The van der Waals surface area contributed by atoms with Gasteiger partial charge in [-0.3, -0.25) is 4.79 Å². The third-order valence-corrected chi connectivity index (χ3v) is 7.84. The van der Waals surface area contributed by atoms with Crippen LogP contribution in [0.2, 0.25) is 0 Å². The average molecular weight is 444 g/mol. The van der Waals surface area contributed by atoms with Crippen LogP contribution in [0, 0.1) is 12.8 Å². The molecule has 1 saturated heterocycles. The SMILES string of the molecule is CCC[C@@H]1[C@@H](C(=O)OCC)N(Cc2ccccc2)C(=O)[C@H]1S(=O)(=O)c1ccc(C)cc1. The molecule has 1 fully saturated rings. The lowest BCUT2D eigenvalue weighted by Crippen LogP contribution is -2.42. The lowest BCUT2D eigenvalue weighted by molar-refractivity contribution is -0.153. The number of hydrogen-bond donors (Lipinski definition) is 0. The van der Waals surface area contributed by atoms with Crippen molar-refractivity contribution in [3.63, 3.8) is 0 Å². The molecule has 6 nitrogen and oxygen atoms in total. The number of aryl methyl sites for hydroxylation is 1. The highest BCUT2D eigenvalue weighted by Gasteiger charge is 2.56. The molecular weight excluding hydrogens is 414 g/mol. The molecule has 1 heterocycles. The molecule has 0 radical (unpaired) electrons. The van der Waals surface area contributed by atoms with Crippen LogP contribution in [0.3, 0.4) is 0 Å². The average Bonchev–Trinajstić information content (AvgIpc) is 3.01.